The summed E-state index contributed by atoms with van der Waals surface area (Å²) in [6.07, 6.45) is 1.70. The number of likely N-dealkylation sites (tertiary alicyclic amines) is 1. The Hall–Kier alpha value is -2.29. The van der Waals surface area contributed by atoms with Crippen LogP contribution in [0.3, 0.4) is 0 Å². The first-order valence-electron chi connectivity index (χ1n) is 10.4. The van der Waals surface area contributed by atoms with Gasteiger partial charge in [-0.05, 0) is 30.0 Å². The number of hydrogen-bond acceptors (Lipinski definition) is 6. The van der Waals surface area contributed by atoms with E-state index in [2.05, 4.69) is 21.6 Å². The van der Waals surface area contributed by atoms with E-state index in [1.54, 1.807) is 4.90 Å². The fourth-order valence-electron chi connectivity index (χ4n) is 5.02. The van der Waals surface area contributed by atoms with Crippen LogP contribution in [0.4, 0.5) is 0 Å². The molecule has 1 aromatic rings. The first kappa shape index (κ1) is 18.7. The van der Waals surface area contributed by atoms with Crippen molar-refractivity contribution in [3.05, 3.63) is 34.9 Å². The van der Waals surface area contributed by atoms with E-state index in [1.165, 1.54) is 5.56 Å². The third-order valence-corrected chi connectivity index (χ3v) is 6.52. The molecule has 0 radical (unpaired) electrons. The number of nitrogens with one attached hydrogen (secondary N) is 2. The summed E-state index contributed by atoms with van der Waals surface area (Å²) in [4.78, 5) is 40.4. The number of morpholine rings is 1. The maximum Gasteiger partial charge on any atom is 0.255 e. The Morgan fingerprint density at radius 2 is 2.14 bits per heavy atom. The van der Waals surface area contributed by atoms with Crippen molar-refractivity contribution in [2.24, 2.45) is 0 Å². The number of ether oxygens (including phenoxy) is 1. The molecule has 8 heteroatoms. The summed E-state index contributed by atoms with van der Waals surface area (Å²) in [5.41, 5.74) is 2.73. The lowest BCUT2D eigenvalue weighted by atomic mass is 10.0. The second-order valence-electron chi connectivity index (χ2n) is 8.56. The zero-order valence-corrected chi connectivity index (χ0v) is 16.4. The second kappa shape index (κ2) is 7.19. The molecular weight excluding hydrogens is 372 g/mol. The van der Waals surface area contributed by atoms with Gasteiger partial charge in [0.15, 0.2) is 0 Å². The van der Waals surface area contributed by atoms with E-state index < -0.39 is 6.04 Å². The van der Waals surface area contributed by atoms with Crippen molar-refractivity contribution < 1.29 is 19.1 Å². The van der Waals surface area contributed by atoms with Crippen LogP contribution in [0.2, 0.25) is 0 Å². The average Bonchev–Trinajstić information content (AvgIpc) is 3.23. The minimum Gasteiger partial charge on any atom is -0.371 e. The van der Waals surface area contributed by atoms with Crippen molar-refractivity contribution >= 4 is 17.7 Å². The molecule has 29 heavy (non-hydrogen) atoms. The molecule has 8 nitrogen and oxygen atoms in total. The van der Waals surface area contributed by atoms with Gasteiger partial charge in [-0.3, -0.25) is 24.6 Å². The van der Waals surface area contributed by atoms with Gasteiger partial charge in [-0.25, -0.2) is 0 Å². The summed E-state index contributed by atoms with van der Waals surface area (Å²) in [6.45, 7) is 5.76. The molecule has 0 aromatic heterocycles. The molecule has 1 spiro atoms. The number of carbonyl (C=O) groups is 3. The largest absolute Gasteiger partial charge is 0.371 e. The van der Waals surface area contributed by atoms with Crippen molar-refractivity contribution in [1.82, 2.24) is 20.4 Å². The molecule has 4 heterocycles. The van der Waals surface area contributed by atoms with Crippen molar-refractivity contribution in [3.8, 4) is 0 Å². The lowest BCUT2D eigenvalue weighted by Gasteiger charge is -2.34. The van der Waals surface area contributed by atoms with Gasteiger partial charge >= 0.3 is 0 Å². The van der Waals surface area contributed by atoms with Crippen molar-refractivity contribution in [2.75, 3.05) is 32.8 Å². The van der Waals surface area contributed by atoms with E-state index in [0.29, 0.717) is 18.5 Å². The molecule has 2 N–H and O–H groups in total. The molecular formula is C21H26N4O4. The standard InChI is InChI=1S/C21H26N4O4/c26-18-4-3-17(19(27)23-18)25-11-15-9-14(1-2-16(15)20(25)28)10-24-7-5-21(13-24)12-22-6-8-29-21/h1-2,9,17,22H,3-8,10-13H2,(H,23,26,27). The van der Waals surface area contributed by atoms with Crippen LogP contribution in [0.5, 0.6) is 0 Å². The number of carbonyl (C=O) groups excluding carboxylic acids is 3. The SMILES string of the molecule is O=C1CCC(N2Cc3cc(CN4CCC5(CNCCO5)C4)ccc3C2=O)C(=O)N1. The van der Waals surface area contributed by atoms with Gasteiger partial charge in [-0.15, -0.1) is 0 Å². The predicted molar refractivity (Wildman–Crippen MR) is 104 cm³/mol. The summed E-state index contributed by atoms with van der Waals surface area (Å²) in [7, 11) is 0. The third-order valence-electron chi connectivity index (χ3n) is 6.52. The molecule has 5 rings (SSSR count). The Morgan fingerprint density at radius 1 is 1.24 bits per heavy atom. The predicted octanol–water partition coefficient (Wildman–Crippen LogP) is 0.0119. The topological polar surface area (TPSA) is 91.0 Å². The Kier molecular flexibility index (Phi) is 4.64. The van der Waals surface area contributed by atoms with Gasteiger partial charge in [-0.1, -0.05) is 12.1 Å². The van der Waals surface area contributed by atoms with Gasteiger partial charge < -0.3 is 15.0 Å². The van der Waals surface area contributed by atoms with Gasteiger partial charge in [0, 0.05) is 51.3 Å². The van der Waals surface area contributed by atoms with Crippen molar-refractivity contribution in [1.29, 1.82) is 0 Å². The summed E-state index contributed by atoms with van der Waals surface area (Å²) in [5.74, 6) is -0.757. The first-order chi connectivity index (χ1) is 14.0. The highest BCUT2D eigenvalue weighted by Gasteiger charge is 2.41. The quantitative estimate of drug-likeness (QED) is 0.698. The van der Waals surface area contributed by atoms with Crippen molar-refractivity contribution in [3.63, 3.8) is 0 Å². The molecule has 3 saturated heterocycles. The van der Waals surface area contributed by atoms with Crippen LogP contribution in [-0.4, -0.2) is 72.0 Å². The maximum absolute atomic E-state index is 12.8. The smallest absolute Gasteiger partial charge is 0.255 e. The normalized spacial score (nSPS) is 30.1. The number of amides is 3. The molecule has 3 fully saturated rings. The van der Waals surface area contributed by atoms with E-state index in [0.717, 1.165) is 51.3 Å². The Bertz CT molecular complexity index is 864. The number of benzene rings is 1. The van der Waals surface area contributed by atoms with Crippen LogP contribution in [0, 0.1) is 0 Å². The van der Waals surface area contributed by atoms with E-state index >= 15 is 0 Å². The van der Waals surface area contributed by atoms with E-state index in [-0.39, 0.29) is 29.7 Å². The molecule has 1 aromatic carbocycles. The number of hydrogen-bond donors (Lipinski definition) is 2. The number of rotatable bonds is 3. The van der Waals surface area contributed by atoms with Crippen LogP contribution < -0.4 is 10.6 Å². The summed E-state index contributed by atoms with van der Waals surface area (Å²) >= 11 is 0. The summed E-state index contributed by atoms with van der Waals surface area (Å²) < 4.78 is 6.06. The zero-order valence-electron chi connectivity index (χ0n) is 16.4. The van der Waals surface area contributed by atoms with Crippen LogP contribution in [0.1, 0.15) is 40.7 Å². The lowest BCUT2D eigenvalue weighted by molar-refractivity contribution is -0.136. The van der Waals surface area contributed by atoms with Gasteiger partial charge in [0.05, 0.1) is 12.2 Å². The lowest BCUT2D eigenvalue weighted by Crippen LogP contribution is -2.52. The van der Waals surface area contributed by atoms with Gasteiger partial charge in [0.1, 0.15) is 6.04 Å². The molecule has 154 valence electrons. The molecule has 0 bridgehead atoms. The van der Waals surface area contributed by atoms with Gasteiger partial charge in [-0.2, -0.15) is 0 Å². The fraction of sp³-hybridized carbons (Fsp3) is 0.571. The van der Waals surface area contributed by atoms with Gasteiger partial charge in [0.2, 0.25) is 11.8 Å². The molecule has 4 aliphatic heterocycles. The molecule has 0 saturated carbocycles. The Balaban J connectivity index is 1.27. The monoisotopic (exact) mass is 398 g/mol. The number of nitrogens with zero attached hydrogens (tertiary/aromatic N) is 2. The third kappa shape index (κ3) is 3.45. The van der Waals surface area contributed by atoms with Crippen LogP contribution in [-0.2, 0) is 27.4 Å². The second-order valence-corrected chi connectivity index (χ2v) is 8.56. The Morgan fingerprint density at radius 3 is 2.93 bits per heavy atom. The average molecular weight is 398 g/mol. The fourth-order valence-corrected chi connectivity index (χ4v) is 5.02. The summed E-state index contributed by atoms with van der Waals surface area (Å²) in [6, 6.07) is 5.41. The first-order valence-corrected chi connectivity index (χ1v) is 10.4. The summed E-state index contributed by atoms with van der Waals surface area (Å²) in [5, 5.41) is 5.78. The highest BCUT2D eigenvalue weighted by atomic mass is 16.5. The number of fused-ring (bicyclic) bond motifs is 1. The number of piperidine rings is 1. The molecule has 3 amide bonds. The Labute approximate surface area is 169 Å². The highest BCUT2D eigenvalue weighted by molar-refractivity contribution is 6.05. The highest BCUT2D eigenvalue weighted by Crippen LogP contribution is 2.31. The van der Waals surface area contributed by atoms with Gasteiger partial charge in [0.25, 0.3) is 5.91 Å². The molecule has 0 aliphatic carbocycles. The molecule has 4 aliphatic rings. The minimum atomic E-state index is -0.564. The number of imide groups is 1. The van der Waals surface area contributed by atoms with Crippen LogP contribution in [0.15, 0.2) is 18.2 Å². The minimum absolute atomic E-state index is 0.0620. The molecule has 2 unspecified atom stereocenters. The van der Waals surface area contributed by atoms with E-state index in [9.17, 15) is 14.4 Å². The zero-order chi connectivity index (χ0) is 20.0. The van der Waals surface area contributed by atoms with E-state index in [4.69, 9.17) is 4.74 Å². The van der Waals surface area contributed by atoms with E-state index in [1.807, 2.05) is 12.1 Å². The maximum atomic E-state index is 12.8. The van der Waals surface area contributed by atoms with Crippen LogP contribution in [0.25, 0.3) is 0 Å². The van der Waals surface area contributed by atoms with Crippen molar-refractivity contribution in [2.45, 2.75) is 44.0 Å². The molecule has 2 atom stereocenters. The van der Waals surface area contributed by atoms with Crippen LogP contribution >= 0.6 is 0 Å².